The molecule has 0 saturated heterocycles. The first-order valence-electron chi connectivity index (χ1n) is 8.28. The summed E-state index contributed by atoms with van der Waals surface area (Å²) < 4.78 is 0. The van der Waals surface area contributed by atoms with Gasteiger partial charge in [-0.3, -0.25) is 9.59 Å². The van der Waals surface area contributed by atoms with Crippen LogP contribution in [0.2, 0.25) is 0 Å². The molecule has 4 heteroatoms. The number of amides is 1. The van der Waals surface area contributed by atoms with Gasteiger partial charge in [-0.05, 0) is 29.5 Å². The molecular weight excluding hydrogens is 302 g/mol. The van der Waals surface area contributed by atoms with E-state index in [9.17, 15) is 14.7 Å². The molecule has 2 aromatic carbocycles. The highest BCUT2D eigenvalue weighted by Gasteiger charge is 2.36. The van der Waals surface area contributed by atoms with Crippen LogP contribution in [-0.2, 0) is 9.59 Å². The van der Waals surface area contributed by atoms with Crippen molar-refractivity contribution in [3.8, 4) is 0 Å². The molecule has 0 radical (unpaired) electrons. The predicted molar refractivity (Wildman–Crippen MR) is 93.3 cm³/mol. The van der Waals surface area contributed by atoms with E-state index in [4.69, 9.17) is 0 Å². The first kappa shape index (κ1) is 16.2. The van der Waals surface area contributed by atoms with Gasteiger partial charge in [0.1, 0.15) is 5.92 Å². The van der Waals surface area contributed by atoms with E-state index >= 15 is 0 Å². The minimum atomic E-state index is -0.882. The third-order valence-corrected chi connectivity index (χ3v) is 4.75. The zero-order valence-corrected chi connectivity index (χ0v) is 13.7. The quantitative estimate of drug-likeness (QED) is 0.911. The number of hydrogen-bond donors (Lipinski definition) is 1. The van der Waals surface area contributed by atoms with Crippen LogP contribution in [0, 0.1) is 0 Å². The van der Waals surface area contributed by atoms with E-state index < -0.39 is 11.9 Å². The molecule has 1 aliphatic heterocycles. The van der Waals surface area contributed by atoms with Crippen LogP contribution < -0.4 is 4.90 Å². The van der Waals surface area contributed by atoms with Crippen LogP contribution in [0.3, 0.4) is 0 Å². The van der Waals surface area contributed by atoms with Crippen molar-refractivity contribution >= 4 is 17.6 Å². The Morgan fingerprint density at radius 3 is 2.46 bits per heavy atom. The first-order chi connectivity index (χ1) is 11.6. The molecule has 0 saturated carbocycles. The van der Waals surface area contributed by atoms with E-state index in [0.29, 0.717) is 6.42 Å². The van der Waals surface area contributed by atoms with Crippen molar-refractivity contribution in [1.29, 1.82) is 0 Å². The molecule has 3 rings (SSSR count). The monoisotopic (exact) mass is 323 g/mol. The molecule has 124 valence electrons. The summed E-state index contributed by atoms with van der Waals surface area (Å²) in [7, 11) is 0. The molecule has 4 nitrogen and oxygen atoms in total. The summed E-state index contributed by atoms with van der Waals surface area (Å²) >= 11 is 0. The Morgan fingerprint density at radius 1 is 1.12 bits per heavy atom. The fourth-order valence-corrected chi connectivity index (χ4v) is 3.40. The van der Waals surface area contributed by atoms with Gasteiger partial charge in [-0.1, -0.05) is 55.5 Å². The molecule has 1 heterocycles. The largest absolute Gasteiger partial charge is 0.481 e. The number of hydrogen-bond acceptors (Lipinski definition) is 2. The Balaban J connectivity index is 1.82. The Morgan fingerprint density at radius 2 is 1.79 bits per heavy atom. The maximum atomic E-state index is 12.9. The van der Waals surface area contributed by atoms with Crippen molar-refractivity contribution in [3.63, 3.8) is 0 Å². The topological polar surface area (TPSA) is 57.6 Å². The van der Waals surface area contributed by atoms with Crippen LogP contribution in [0.25, 0.3) is 0 Å². The molecule has 1 aliphatic rings. The number of benzene rings is 2. The third kappa shape index (κ3) is 3.04. The molecule has 1 amide bonds. The SMILES string of the molecule is CCC(CC(=O)N1CC(C(=O)O)c2ccccc21)c1ccccc1. The van der Waals surface area contributed by atoms with E-state index in [0.717, 1.165) is 23.2 Å². The third-order valence-electron chi connectivity index (χ3n) is 4.75. The van der Waals surface area contributed by atoms with E-state index in [2.05, 4.69) is 6.92 Å². The van der Waals surface area contributed by atoms with Crippen molar-refractivity contribution in [2.24, 2.45) is 0 Å². The lowest BCUT2D eigenvalue weighted by Crippen LogP contribution is -2.32. The van der Waals surface area contributed by atoms with Crippen LogP contribution in [0.5, 0.6) is 0 Å². The summed E-state index contributed by atoms with van der Waals surface area (Å²) in [5, 5.41) is 9.43. The molecule has 0 aliphatic carbocycles. The highest BCUT2D eigenvalue weighted by Crippen LogP contribution is 2.37. The van der Waals surface area contributed by atoms with Crippen LogP contribution in [0.15, 0.2) is 54.6 Å². The first-order valence-corrected chi connectivity index (χ1v) is 8.28. The van der Waals surface area contributed by atoms with E-state index in [1.807, 2.05) is 48.5 Å². The second-order valence-corrected chi connectivity index (χ2v) is 6.17. The molecule has 0 fully saturated rings. The maximum absolute atomic E-state index is 12.9. The lowest BCUT2D eigenvalue weighted by Gasteiger charge is -2.21. The van der Waals surface area contributed by atoms with Crippen molar-refractivity contribution in [2.75, 3.05) is 11.4 Å². The van der Waals surface area contributed by atoms with Gasteiger partial charge in [0.2, 0.25) is 5.91 Å². The Labute approximate surface area is 141 Å². The van der Waals surface area contributed by atoms with Crippen LogP contribution in [-0.4, -0.2) is 23.5 Å². The Kier molecular flexibility index (Phi) is 4.65. The molecule has 0 bridgehead atoms. The number of anilines is 1. The van der Waals surface area contributed by atoms with Gasteiger partial charge in [0, 0.05) is 18.7 Å². The normalized spacial score (nSPS) is 17.4. The van der Waals surface area contributed by atoms with Gasteiger partial charge in [-0.15, -0.1) is 0 Å². The Bertz CT molecular complexity index is 742. The highest BCUT2D eigenvalue weighted by molar-refractivity contribution is 5.99. The number of rotatable bonds is 5. The fraction of sp³-hybridized carbons (Fsp3) is 0.300. The zero-order chi connectivity index (χ0) is 17.1. The maximum Gasteiger partial charge on any atom is 0.312 e. The number of carbonyl (C=O) groups excluding carboxylic acids is 1. The number of carboxylic acids is 1. The minimum absolute atomic E-state index is 0.0121. The van der Waals surface area contributed by atoms with E-state index in [1.54, 1.807) is 11.0 Å². The lowest BCUT2D eigenvalue weighted by molar-refractivity contribution is -0.138. The fourth-order valence-electron chi connectivity index (χ4n) is 3.40. The second kappa shape index (κ2) is 6.87. The summed E-state index contributed by atoms with van der Waals surface area (Å²) in [6, 6.07) is 17.3. The average Bonchev–Trinajstić information content (AvgIpc) is 3.00. The zero-order valence-electron chi connectivity index (χ0n) is 13.7. The van der Waals surface area contributed by atoms with Gasteiger partial charge in [0.15, 0.2) is 0 Å². The average molecular weight is 323 g/mol. The van der Waals surface area contributed by atoms with Gasteiger partial charge in [0.25, 0.3) is 0 Å². The van der Waals surface area contributed by atoms with Crippen LogP contribution in [0.1, 0.15) is 42.7 Å². The molecular formula is C20H21NO3. The number of nitrogens with zero attached hydrogens (tertiary/aromatic N) is 1. The second-order valence-electron chi connectivity index (χ2n) is 6.17. The number of para-hydroxylation sites is 1. The standard InChI is InChI=1S/C20H21NO3/c1-2-14(15-8-4-3-5-9-15)12-19(22)21-13-17(20(23)24)16-10-6-7-11-18(16)21/h3-11,14,17H,2,12-13H2,1H3,(H,23,24). The number of carboxylic acid groups (broad SMARTS) is 1. The van der Waals surface area contributed by atoms with Crippen molar-refractivity contribution in [2.45, 2.75) is 31.6 Å². The van der Waals surface area contributed by atoms with E-state index in [-0.39, 0.29) is 18.4 Å². The summed E-state index contributed by atoms with van der Waals surface area (Å²) in [6.07, 6.45) is 1.26. The molecule has 0 spiro atoms. The van der Waals surface area contributed by atoms with Crippen LogP contribution in [0.4, 0.5) is 5.69 Å². The van der Waals surface area contributed by atoms with Gasteiger partial charge < -0.3 is 10.0 Å². The molecule has 0 aromatic heterocycles. The summed E-state index contributed by atoms with van der Waals surface area (Å²) in [5.74, 6) is -1.38. The highest BCUT2D eigenvalue weighted by atomic mass is 16.4. The van der Waals surface area contributed by atoms with Crippen molar-refractivity contribution in [1.82, 2.24) is 0 Å². The van der Waals surface area contributed by atoms with Gasteiger partial charge in [-0.25, -0.2) is 0 Å². The molecule has 1 N–H and O–H groups in total. The smallest absolute Gasteiger partial charge is 0.312 e. The molecule has 24 heavy (non-hydrogen) atoms. The molecule has 2 atom stereocenters. The van der Waals surface area contributed by atoms with Gasteiger partial charge in [0.05, 0.1) is 0 Å². The summed E-state index contributed by atoms with van der Waals surface area (Å²) in [4.78, 5) is 26.0. The molecule has 2 aromatic rings. The van der Waals surface area contributed by atoms with Gasteiger partial charge >= 0.3 is 5.97 Å². The van der Waals surface area contributed by atoms with Crippen molar-refractivity contribution in [3.05, 3.63) is 65.7 Å². The predicted octanol–water partition coefficient (Wildman–Crippen LogP) is 3.79. The Hall–Kier alpha value is -2.62. The lowest BCUT2D eigenvalue weighted by atomic mass is 9.93. The number of aliphatic carboxylic acids is 1. The minimum Gasteiger partial charge on any atom is -0.481 e. The number of fused-ring (bicyclic) bond motifs is 1. The summed E-state index contributed by atoms with van der Waals surface area (Å²) in [6.45, 7) is 2.29. The van der Waals surface area contributed by atoms with E-state index in [1.165, 1.54) is 0 Å². The van der Waals surface area contributed by atoms with Crippen LogP contribution >= 0.6 is 0 Å². The number of carbonyl (C=O) groups is 2. The molecule has 2 unspecified atom stereocenters. The van der Waals surface area contributed by atoms with Crippen molar-refractivity contribution < 1.29 is 14.7 Å². The van der Waals surface area contributed by atoms with Gasteiger partial charge in [-0.2, -0.15) is 0 Å². The summed E-state index contributed by atoms with van der Waals surface area (Å²) in [5.41, 5.74) is 2.61.